The van der Waals surface area contributed by atoms with E-state index in [2.05, 4.69) is 84.2 Å². The first kappa shape index (κ1) is 22.3. The predicted octanol–water partition coefficient (Wildman–Crippen LogP) is 5.72. The molecular weight excluding hydrogens is 442 g/mol. The number of fused-ring (bicyclic) bond motifs is 1. The lowest BCUT2D eigenvalue weighted by molar-refractivity contribution is 0.0952. The summed E-state index contributed by atoms with van der Waals surface area (Å²) >= 11 is 3.38. The molecule has 1 heterocycles. The van der Waals surface area contributed by atoms with E-state index in [1.165, 1.54) is 11.3 Å². The van der Waals surface area contributed by atoms with Crippen molar-refractivity contribution in [1.29, 1.82) is 0 Å². The number of hydrogen-bond donors (Lipinski definition) is 1. The van der Waals surface area contributed by atoms with Crippen LogP contribution in [0.25, 0.3) is 0 Å². The molecular formula is C24H30BrN3O2. The minimum atomic E-state index is -0.316. The Morgan fingerprint density at radius 1 is 1.30 bits per heavy atom. The van der Waals surface area contributed by atoms with Gasteiger partial charge in [-0.3, -0.25) is 4.79 Å². The molecule has 6 heteroatoms. The van der Waals surface area contributed by atoms with Crippen LogP contribution in [0.4, 0.5) is 5.69 Å². The fourth-order valence-corrected chi connectivity index (χ4v) is 4.97. The number of carbonyl (C=O) groups is 1. The van der Waals surface area contributed by atoms with Crippen LogP contribution in [0.15, 0.2) is 46.0 Å². The van der Waals surface area contributed by atoms with E-state index >= 15 is 0 Å². The lowest BCUT2D eigenvalue weighted by Gasteiger charge is -2.50. The summed E-state index contributed by atoms with van der Waals surface area (Å²) < 4.78 is 6.07. The standard InChI is InChI=1S/C24H30BrN3O2/c1-15(2)28-21-9-7-17(11-19(21)16(3)13-24(28,4)5)14-26-27-23(29)20-12-18(25)8-10-22(20)30-6/h7-12,14-16H,13H2,1-6H3,(H,27,29)/b26-14-/t16-/m0/s1. The van der Waals surface area contributed by atoms with Gasteiger partial charge >= 0.3 is 0 Å². The van der Waals surface area contributed by atoms with Crippen LogP contribution >= 0.6 is 15.9 Å². The fourth-order valence-electron chi connectivity index (χ4n) is 4.61. The molecule has 0 bridgehead atoms. The monoisotopic (exact) mass is 471 g/mol. The van der Waals surface area contributed by atoms with Gasteiger partial charge in [0.05, 0.1) is 18.9 Å². The van der Waals surface area contributed by atoms with Crippen LogP contribution in [0.5, 0.6) is 5.75 Å². The van der Waals surface area contributed by atoms with E-state index in [4.69, 9.17) is 4.74 Å². The van der Waals surface area contributed by atoms with Crippen LogP contribution in [-0.2, 0) is 0 Å². The highest BCUT2D eigenvalue weighted by molar-refractivity contribution is 9.10. The molecule has 1 amide bonds. The van der Waals surface area contributed by atoms with Crippen LogP contribution in [0, 0.1) is 0 Å². The third-order valence-electron chi connectivity index (χ3n) is 5.60. The van der Waals surface area contributed by atoms with Gasteiger partial charge in [0.25, 0.3) is 5.91 Å². The Morgan fingerprint density at radius 3 is 2.70 bits per heavy atom. The van der Waals surface area contributed by atoms with Crippen molar-refractivity contribution < 1.29 is 9.53 Å². The summed E-state index contributed by atoms with van der Waals surface area (Å²) in [6.07, 6.45) is 2.78. The molecule has 1 atom stereocenters. The molecule has 2 aromatic carbocycles. The summed E-state index contributed by atoms with van der Waals surface area (Å²) in [4.78, 5) is 15.0. The van der Waals surface area contributed by atoms with Crippen molar-refractivity contribution in [2.45, 2.75) is 58.5 Å². The maximum atomic E-state index is 12.5. The number of methoxy groups -OCH3 is 1. The molecule has 0 fully saturated rings. The zero-order chi connectivity index (χ0) is 22.1. The number of halogens is 1. The first-order valence-corrected chi connectivity index (χ1v) is 11.0. The van der Waals surface area contributed by atoms with E-state index in [0.717, 1.165) is 16.5 Å². The molecule has 5 nitrogen and oxygen atoms in total. The lowest BCUT2D eigenvalue weighted by Crippen LogP contribution is -2.51. The number of nitrogens with one attached hydrogen (secondary N) is 1. The Labute approximate surface area is 187 Å². The topological polar surface area (TPSA) is 53.9 Å². The average molecular weight is 472 g/mol. The predicted molar refractivity (Wildman–Crippen MR) is 127 cm³/mol. The van der Waals surface area contributed by atoms with Crippen molar-refractivity contribution in [3.63, 3.8) is 0 Å². The summed E-state index contributed by atoms with van der Waals surface area (Å²) in [6, 6.07) is 12.1. The third kappa shape index (κ3) is 4.53. The molecule has 0 unspecified atom stereocenters. The Bertz CT molecular complexity index is 969. The molecule has 2 aromatic rings. The van der Waals surface area contributed by atoms with Crippen molar-refractivity contribution in [3.05, 3.63) is 57.6 Å². The summed E-state index contributed by atoms with van der Waals surface area (Å²) in [6.45, 7) is 11.4. The van der Waals surface area contributed by atoms with Gasteiger partial charge in [0.15, 0.2) is 0 Å². The summed E-state index contributed by atoms with van der Waals surface area (Å²) in [7, 11) is 1.54. The number of carbonyl (C=O) groups excluding carboxylic acids is 1. The van der Waals surface area contributed by atoms with Crippen molar-refractivity contribution >= 4 is 33.7 Å². The van der Waals surface area contributed by atoms with Gasteiger partial charge in [0, 0.05) is 21.7 Å². The molecule has 0 spiro atoms. The number of nitrogens with zero attached hydrogens (tertiary/aromatic N) is 2. The Kier molecular flexibility index (Phi) is 6.56. The van der Waals surface area contributed by atoms with E-state index in [1.807, 2.05) is 6.07 Å². The smallest absolute Gasteiger partial charge is 0.275 e. The van der Waals surface area contributed by atoms with Crippen LogP contribution in [-0.4, -0.2) is 30.8 Å². The van der Waals surface area contributed by atoms with Gasteiger partial charge in [-0.05, 0) is 81.5 Å². The normalized spacial score (nSPS) is 17.9. The van der Waals surface area contributed by atoms with E-state index < -0.39 is 0 Å². The van der Waals surface area contributed by atoms with Crippen LogP contribution in [0.1, 0.15) is 68.4 Å². The third-order valence-corrected chi connectivity index (χ3v) is 6.10. The van der Waals surface area contributed by atoms with Gasteiger partial charge in [-0.25, -0.2) is 5.43 Å². The SMILES string of the molecule is COc1ccc(Br)cc1C(=O)N/N=C\c1ccc2c(c1)[C@@H](C)CC(C)(C)N2C(C)C. The highest BCUT2D eigenvalue weighted by atomic mass is 79.9. The van der Waals surface area contributed by atoms with E-state index in [0.29, 0.717) is 23.3 Å². The fraction of sp³-hybridized carbons (Fsp3) is 0.417. The van der Waals surface area contributed by atoms with E-state index in [-0.39, 0.29) is 11.4 Å². The first-order chi connectivity index (χ1) is 14.1. The largest absolute Gasteiger partial charge is 0.496 e. The highest BCUT2D eigenvalue weighted by Crippen LogP contribution is 2.44. The summed E-state index contributed by atoms with van der Waals surface area (Å²) in [5.74, 6) is 0.646. The lowest BCUT2D eigenvalue weighted by atomic mass is 9.79. The van der Waals surface area contributed by atoms with Crippen molar-refractivity contribution in [2.75, 3.05) is 12.0 Å². The second-order valence-electron chi connectivity index (χ2n) is 8.74. The van der Waals surface area contributed by atoms with Gasteiger partial charge in [-0.15, -0.1) is 0 Å². The van der Waals surface area contributed by atoms with E-state index in [9.17, 15) is 4.79 Å². The van der Waals surface area contributed by atoms with Gasteiger partial charge in [-0.2, -0.15) is 5.10 Å². The average Bonchev–Trinajstić information content (AvgIpc) is 2.67. The number of benzene rings is 2. The molecule has 0 saturated carbocycles. The van der Waals surface area contributed by atoms with Crippen LogP contribution < -0.4 is 15.1 Å². The maximum Gasteiger partial charge on any atom is 0.275 e. The van der Waals surface area contributed by atoms with E-state index in [1.54, 1.807) is 25.5 Å². The molecule has 30 heavy (non-hydrogen) atoms. The van der Waals surface area contributed by atoms with Crippen molar-refractivity contribution in [2.24, 2.45) is 5.10 Å². The van der Waals surface area contributed by atoms with Crippen LogP contribution in [0.3, 0.4) is 0 Å². The van der Waals surface area contributed by atoms with Gasteiger partial charge < -0.3 is 9.64 Å². The molecule has 0 aliphatic carbocycles. The molecule has 0 radical (unpaired) electrons. The van der Waals surface area contributed by atoms with Crippen molar-refractivity contribution in [1.82, 2.24) is 5.43 Å². The number of ether oxygens (including phenoxy) is 1. The molecule has 1 N–H and O–H groups in total. The number of hydrazone groups is 1. The second-order valence-corrected chi connectivity index (χ2v) is 9.66. The number of anilines is 1. The van der Waals surface area contributed by atoms with Crippen molar-refractivity contribution in [3.8, 4) is 5.75 Å². The first-order valence-electron chi connectivity index (χ1n) is 10.2. The minimum absolute atomic E-state index is 0.118. The quantitative estimate of drug-likeness (QED) is 0.447. The number of rotatable bonds is 5. The number of amides is 1. The van der Waals surface area contributed by atoms with Gasteiger partial charge in [0.1, 0.15) is 5.75 Å². The molecule has 160 valence electrons. The number of hydrogen-bond acceptors (Lipinski definition) is 4. The summed E-state index contributed by atoms with van der Waals surface area (Å²) in [5.41, 5.74) is 6.72. The molecule has 1 aliphatic heterocycles. The zero-order valence-electron chi connectivity index (χ0n) is 18.5. The van der Waals surface area contributed by atoms with Crippen LogP contribution in [0.2, 0.25) is 0 Å². The highest BCUT2D eigenvalue weighted by Gasteiger charge is 2.37. The molecule has 1 aliphatic rings. The Balaban J connectivity index is 1.81. The Morgan fingerprint density at radius 2 is 2.03 bits per heavy atom. The Hall–Kier alpha value is -2.34. The van der Waals surface area contributed by atoms with Gasteiger partial charge in [-0.1, -0.05) is 28.9 Å². The second kappa shape index (κ2) is 8.80. The maximum absolute atomic E-state index is 12.5. The minimum Gasteiger partial charge on any atom is -0.496 e. The molecule has 3 rings (SSSR count). The zero-order valence-corrected chi connectivity index (χ0v) is 20.1. The van der Waals surface area contributed by atoms with Gasteiger partial charge in [0.2, 0.25) is 0 Å². The molecule has 0 saturated heterocycles. The summed E-state index contributed by atoms with van der Waals surface area (Å²) in [5, 5.41) is 4.17. The molecule has 0 aromatic heterocycles.